The normalized spacial score (nSPS) is 11.3. The van der Waals surface area contributed by atoms with Crippen molar-refractivity contribution in [3.8, 4) is 0 Å². The lowest BCUT2D eigenvalue weighted by Gasteiger charge is -2.07. The van der Waals surface area contributed by atoms with Gasteiger partial charge in [0.25, 0.3) is 0 Å². The zero-order chi connectivity index (χ0) is 14.0. The summed E-state index contributed by atoms with van der Waals surface area (Å²) in [6.07, 6.45) is 0. The molecule has 1 aromatic carbocycles. The molecule has 19 heavy (non-hydrogen) atoms. The number of nitrogens with zero attached hydrogens (tertiary/aromatic N) is 3. The van der Waals surface area contributed by atoms with E-state index in [1.54, 1.807) is 17.8 Å². The van der Waals surface area contributed by atoms with Crippen molar-refractivity contribution in [1.29, 1.82) is 0 Å². The van der Waals surface area contributed by atoms with Crippen molar-refractivity contribution in [2.75, 3.05) is 0 Å². The van der Waals surface area contributed by atoms with Gasteiger partial charge >= 0.3 is 0 Å². The molecule has 0 aliphatic carbocycles. The van der Waals surface area contributed by atoms with Gasteiger partial charge in [0.15, 0.2) is 5.16 Å². The molecule has 102 valence electrons. The van der Waals surface area contributed by atoms with Gasteiger partial charge in [-0.1, -0.05) is 54.9 Å². The van der Waals surface area contributed by atoms with Gasteiger partial charge in [0.1, 0.15) is 5.82 Å². The molecule has 0 radical (unpaired) electrons. The van der Waals surface area contributed by atoms with Crippen LogP contribution >= 0.6 is 35.0 Å². The van der Waals surface area contributed by atoms with E-state index in [4.69, 9.17) is 23.2 Å². The summed E-state index contributed by atoms with van der Waals surface area (Å²) >= 11 is 13.7. The molecule has 0 aliphatic rings. The second-order valence-corrected chi connectivity index (χ2v) is 6.37. The molecular weight excluding hydrogens is 301 g/mol. The van der Waals surface area contributed by atoms with Crippen LogP contribution in [0.4, 0.5) is 0 Å². The topological polar surface area (TPSA) is 30.7 Å². The maximum atomic E-state index is 6.15. The van der Waals surface area contributed by atoms with Crippen LogP contribution in [0.2, 0.25) is 10.0 Å². The lowest BCUT2D eigenvalue weighted by Crippen LogP contribution is -2.00. The van der Waals surface area contributed by atoms with Gasteiger partial charge in [-0.25, -0.2) is 0 Å². The lowest BCUT2D eigenvalue weighted by atomic mass is 10.2. The van der Waals surface area contributed by atoms with Crippen molar-refractivity contribution in [3.63, 3.8) is 0 Å². The highest BCUT2D eigenvalue weighted by Gasteiger charge is 2.12. The quantitative estimate of drug-likeness (QED) is 0.776. The Morgan fingerprint density at radius 1 is 1.26 bits per heavy atom. The fraction of sp³-hybridized carbons (Fsp3) is 0.385. The molecule has 1 heterocycles. The molecule has 0 N–H and O–H groups in total. The van der Waals surface area contributed by atoms with Crippen LogP contribution in [0.3, 0.4) is 0 Å². The second-order valence-electron chi connectivity index (χ2n) is 4.58. The summed E-state index contributed by atoms with van der Waals surface area (Å²) in [5, 5.41) is 10.6. The summed E-state index contributed by atoms with van der Waals surface area (Å²) in [6.45, 7) is 4.21. The fourth-order valence-electron chi connectivity index (χ4n) is 1.74. The Hall–Kier alpha value is -0.710. The van der Waals surface area contributed by atoms with Crippen LogP contribution in [0.1, 0.15) is 31.2 Å². The lowest BCUT2D eigenvalue weighted by molar-refractivity contribution is 0.680. The Balaban J connectivity index is 2.10. The van der Waals surface area contributed by atoms with Gasteiger partial charge in [-0.15, -0.1) is 10.2 Å². The molecule has 0 unspecified atom stereocenters. The Bertz CT molecular complexity index is 581. The second kappa shape index (κ2) is 6.16. The monoisotopic (exact) mass is 315 g/mol. The molecule has 2 aromatic rings. The average Bonchev–Trinajstić information content (AvgIpc) is 2.70. The van der Waals surface area contributed by atoms with E-state index in [0.717, 1.165) is 22.3 Å². The van der Waals surface area contributed by atoms with E-state index in [1.807, 2.05) is 23.7 Å². The van der Waals surface area contributed by atoms with Crippen LogP contribution in [0, 0.1) is 0 Å². The molecule has 0 bridgehead atoms. The van der Waals surface area contributed by atoms with Crippen LogP contribution < -0.4 is 0 Å². The van der Waals surface area contributed by atoms with Crippen LogP contribution in [0.25, 0.3) is 0 Å². The molecule has 3 nitrogen and oxygen atoms in total. The fourth-order valence-corrected chi connectivity index (χ4v) is 3.21. The van der Waals surface area contributed by atoms with E-state index in [1.165, 1.54) is 0 Å². The molecule has 1 aromatic heterocycles. The van der Waals surface area contributed by atoms with Gasteiger partial charge in [0.2, 0.25) is 0 Å². The van der Waals surface area contributed by atoms with E-state index < -0.39 is 0 Å². The minimum atomic E-state index is 0.367. The zero-order valence-corrected chi connectivity index (χ0v) is 13.4. The van der Waals surface area contributed by atoms with Crippen molar-refractivity contribution in [3.05, 3.63) is 39.6 Å². The van der Waals surface area contributed by atoms with Crippen molar-refractivity contribution >= 4 is 35.0 Å². The number of hydrogen-bond donors (Lipinski definition) is 0. The van der Waals surface area contributed by atoms with E-state index in [9.17, 15) is 0 Å². The molecule has 0 aliphatic heterocycles. The first kappa shape index (κ1) is 14.7. The number of halogens is 2. The SMILES string of the molecule is CC(C)c1nnc(SCc2ccc(Cl)cc2Cl)n1C. The zero-order valence-electron chi connectivity index (χ0n) is 11.0. The Kier molecular flexibility index (Phi) is 4.76. The van der Waals surface area contributed by atoms with Crippen LogP contribution in [0.15, 0.2) is 23.4 Å². The van der Waals surface area contributed by atoms with Gasteiger partial charge in [0.05, 0.1) is 0 Å². The minimum absolute atomic E-state index is 0.367. The summed E-state index contributed by atoms with van der Waals surface area (Å²) in [5.74, 6) is 2.11. The first-order valence-electron chi connectivity index (χ1n) is 5.95. The van der Waals surface area contributed by atoms with Crippen LogP contribution in [-0.4, -0.2) is 14.8 Å². The van der Waals surface area contributed by atoms with Gasteiger partial charge in [-0.3, -0.25) is 0 Å². The van der Waals surface area contributed by atoms with Crippen molar-refractivity contribution < 1.29 is 0 Å². The molecule has 6 heteroatoms. The smallest absolute Gasteiger partial charge is 0.191 e. The molecule has 0 spiro atoms. The standard InChI is InChI=1S/C13H15Cl2N3S/c1-8(2)12-16-17-13(18(12)3)19-7-9-4-5-10(14)6-11(9)15/h4-6,8H,7H2,1-3H3. The highest BCUT2D eigenvalue weighted by molar-refractivity contribution is 7.98. The predicted molar refractivity (Wildman–Crippen MR) is 81.1 cm³/mol. The summed E-state index contributed by atoms with van der Waals surface area (Å²) in [6, 6.07) is 5.55. The minimum Gasteiger partial charge on any atom is -0.309 e. The highest BCUT2D eigenvalue weighted by atomic mass is 35.5. The summed E-state index contributed by atoms with van der Waals surface area (Å²) < 4.78 is 2.03. The summed E-state index contributed by atoms with van der Waals surface area (Å²) in [5.41, 5.74) is 1.05. The number of benzene rings is 1. The number of thioether (sulfide) groups is 1. The summed E-state index contributed by atoms with van der Waals surface area (Å²) in [7, 11) is 1.99. The first-order chi connectivity index (χ1) is 8.99. The first-order valence-corrected chi connectivity index (χ1v) is 7.69. The molecule has 0 atom stereocenters. The molecule has 0 saturated heterocycles. The van der Waals surface area contributed by atoms with Gasteiger partial charge < -0.3 is 4.57 Å². The summed E-state index contributed by atoms with van der Waals surface area (Å²) in [4.78, 5) is 0. The Morgan fingerprint density at radius 3 is 2.58 bits per heavy atom. The third-order valence-corrected chi connectivity index (χ3v) is 4.41. The third kappa shape index (κ3) is 3.44. The van der Waals surface area contributed by atoms with Crippen LogP contribution in [0.5, 0.6) is 0 Å². The van der Waals surface area contributed by atoms with Crippen molar-refractivity contribution in [2.45, 2.75) is 30.7 Å². The molecule has 0 saturated carbocycles. The van der Waals surface area contributed by atoms with Gasteiger partial charge in [-0.2, -0.15) is 0 Å². The van der Waals surface area contributed by atoms with Gasteiger partial charge in [0, 0.05) is 28.8 Å². The van der Waals surface area contributed by atoms with E-state index >= 15 is 0 Å². The molecule has 0 amide bonds. The molecule has 2 rings (SSSR count). The largest absolute Gasteiger partial charge is 0.309 e. The number of aromatic nitrogens is 3. The third-order valence-electron chi connectivity index (χ3n) is 2.76. The van der Waals surface area contributed by atoms with E-state index in [2.05, 4.69) is 24.0 Å². The van der Waals surface area contributed by atoms with Crippen molar-refractivity contribution in [1.82, 2.24) is 14.8 Å². The predicted octanol–water partition coefficient (Wildman–Crippen LogP) is 4.54. The average molecular weight is 316 g/mol. The maximum Gasteiger partial charge on any atom is 0.191 e. The number of rotatable bonds is 4. The van der Waals surface area contributed by atoms with E-state index in [-0.39, 0.29) is 0 Å². The molecule has 0 fully saturated rings. The molecular formula is C13H15Cl2N3S. The highest BCUT2D eigenvalue weighted by Crippen LogP contribution is 2.28. The van der Waals surface area contributed by atoms with Gasteiger partial charge in [-0.05, 0) is 17.7 Å². The Morgan fingerprint density at radius 2 is 2.00 bits per heavy atom. The van der Waals surface area contributed by atoms with Crippen molar-refractivity contribution in [2.24, 2.45) is 7.05 Å². The number of hydrogen-bond acceptors (Lipinski definition) is 3. The Labute approximate surface area is 127 Å². The van der Waals surface area contributed by atoms with Crippen LogP contribution in [-0.2, 0) is 12.8 Å². The van der Waals surface area contributed by atoms with E-state index in [0.29, 0.717) is 16.0 Å². The maximum absolute atomic E-state index is 6.15.